The van der Waals surface area contributed by atoms with Crippen LogP contribution < -0.4 is 0 Å². The van der Waals surface area contributed by atoms with Crippen LogP contribution in [0.3, 0.4) is 0 Å². The normalized spacial score (nSPS) is 9.90. The molecule has 0 N–H and O–H groups in total. The summed E-state index contributed by atoms with van der Waals surface area (Å²) in [4.78, 5) is 3.18. The van der Waals surface area contributed by atoms with Crippen molar-refractivity contribution in [3.63, 3.8) is 0 Å². The molecule has 10 heavy (non-hydrogen) atoms. The van der Waals surface area contributed by atoms with Gasteiger partial charge in [-0.05, 0) is 12.5 Å². The summed E-state index contributed by atoms with van der Waals surface area (Å²) in [6.07, 6.45) is 2.31. The molecule has 0 amide bonds. The van der Waals surface area contributed by atoms with Gasteiger partial charge in [0.15, 0.2) is 0 Å². The molecule has 1 radical (unpaired) electrons. The van der Waals surface area contributed by atoms with Crippen LogP contribution in [0.5, 0.6) is 0 Å². The number of hydrogen-bond donors (Lipinski definition) is 0. The molecule has 0 saturated heterocycles. The van der Waals surface area contributed by atoms with Gasteiger partial charge in [-0.25, -0.2) is 9.37 Å². The third-order valence-electron chi connectivity index (χ3n) is 1.14. The summed E-state index contributed by atoms with van der Waals surface area (Å²) >= 11 is 0. The Morgan fingerprint density at radius 1 is 1.50 bits per heavy atom. The Bertz CT molecular complexity index is 235. The predicted molar refractivity (Wildman–Crippen MR) is 33.2 cm³/mol. The van der Waals surface area contributed by atoms with Crippen LogP contribution in [0.4, 0.5) is 8.78 Å². The second kappa shape index (κ2) is 2.73. The van der Waals surface area contributed by atoms with Gasteiger partial charge in [-0.15, -0.1) is 0 Å². The topological polar surface area (TPSA) is 12.9 Å². The summed E-state index contributed by atoms with van der Waals surface area (Å²) in [6, 6.07) is 1.10. The van der Waals surface area contributed by atoms with Crippen molar-refractivity contribution in [3.8, 4) is 0 Å². The third kappa shape index (κ3) is 1.29. The molecule has 0 spiro atoms. The van der Waals surface area contributed by atoms with Gasteiger partial charge in [0, 0.05) is 5.56 Å². The monoisotopic (exact) mass is 142 g/mol. The highest BCUT2D eigenvalue weighted by molar-refractivity contribution is 5.19. The fourth-order valence-corrected chi connectivity index (χ4v) is 0.641. The molecule has 0 aromatic carbocycles. The number of aromatic nitrogens is 1. The minimum atomic E-state index is -0.635. The van der Waals surface area contributed by atoms with Crippen LogP contribution in [0.1, 0.15) is 12.5 Å². The van der Waals surface area contributed by atoms with Crippen LogP contribution in [0.2, 0.25) is 0 Å². The fraction of sp³-hybridized carbons (Fsp3) is 0.143. The molecule has 0 aliphatic carbocycles. The lowest BCUT2D eigenvalue weighted by Gasteiger charge is -1.95. The molecule has 0 aliphatic rings. The zero-order chi connectivity index (χ0) is 7.56. The van der Waals surface area contributed by atoms with E-state index < -0.39 is 11.8 Å². The molecule has 1 rings (SSSR count). The summed E-state index contributed by atoms with van der Waals surface area (Å²) < 4.78 is 24.7. The lowest BCUT2D eigenvalue weighted by Crippen LogP contribution is -1.91. The van der Waals surface area contributed by atoms with Gasteiger partial charge < -0.3 is 0 Å². The van der Waals surface area contributed by atoms with E-state index in [-0.39, 0.29) is 5.56 Å². The number of nitrogens with zero attached hydrogens (tertiary/aromatic N) is 1. The van der Waals surface area contributed by atoms with Crippen LogP contribution in [-0.4, -0.2) is 4.98 Å². The van der Waals surface area contributed by atoms with Crippen molar-refractivity contribution in [3.05, 3.63) is 36.0 Å². The molecule has 1 nitrogen and oxygen atoms in total. The molecule has 1 aromatic rings. The van der Waals surface area contributed by atoms with Crippen molar-refractivity contribution >= 4 is 0 Å². The van der Waals surface area contributed by atoms with Crippen molar-refractivity contribution < 1.29 is 8.78 Å². The summed E-state index contributed by atoms with van der Waals surface area (Å²) in [7, 11) is 0. The SMILES string of the molecule is C[CH]c1cc(F)cnc1F. The average molecular weight is 142 g/mol. The predicted octanol–water partition coefficient (Wildman–Crippen LogP) is 1.93. The van der Waals surface area contributed by atoms with Gasteiger partial charge in [0.05, 0.1) is 6.20 Å². The standard InChI is InChI=1S/C7H6F2N/c1-2-5-3-6(8)4-10-7(5)9/h2-4H,1H3. The summed E-state index contributed by atoms with van der Waals surface area (Å²) in [5.74, 6) is -1.15. The number of pyridine rings is 1. The van der Waals surface area contributed by atoms with Crippen LogP contribution >= 0.6 is 0 Å². The molecule has 0 fully saturated rings. The van der Waals surface area contributed by atoms with E-state index in [4.69, 9.17) is 0 Å². The molecular formula is C7H6F2N. The second-order valence-corrected chi connectivity index (χ2v) is 1.82. The van der Waals surface area contributed by atoms with E-state index in [0.717, 1.165) is 12.3 Å². The van der Waals surface area contributed by atoms with Gasteiger partial charge in [-0.3, -0.25) is 0 Å². The van der Waals surface area contributed by atoms with Gasteiger partial charge in [0.25, 0.3) is 0 Å². The summed E-state index contributed by atoms with van der Waals surface area (Å²) in [5.41, 5.74) is 0.194. The Hall–Kier alpha value is -0.990. The molecule has 0 aliphatic heterocycles. The molecule has 1 aromatic heterocycles. The van der Waals surface area contributed by atoms with Crippen LogP contribution in [-0.2, 0) is 0 Å². The van der Waals surface area contributed by atoms with Gasteiger partial charge in [-0.1, -0.05) is 6.92 Å². The van der Waals surface area contributed by atoms with Crippen LogP contribution in [0, 0.1) is 18.2 Å². The minimum absolute atomic E-state index is 0.194. The van der Waals surface area contributed by atoms with E-state index in [1.165, 1.54) is 6.42 Å². The van der Waals surface area contributed by atoms with Crippen molar-refractivity contribution in [2.24, 2.45) is 0 Å². The largest absolute Gasteiger partial charge is 0.225 e. The molecule has 0 atom stereocenters. The van der Waals surface area contributed by atoms with Crippen molar-refractivity contribution in [1.82, 2.24) is 4.98 Å². The Labute approximate surface area is 57.7 Å². The molecule has 1 heterocycles. The zero-order valence-electron chi connectivity index (χ0n) is 5.44. The third-order valence-corrected chi connectivity index (χ3v) is 1.14. The quantitative estimate of drug-likeness (QED) is 0.546. The Morgan fingerprint density at radius 3 is 2.70 bits per heavy atom. The highest BCUT2D eigenvalue weighted by Crippen LogP contribution is 2.07. The summed E-state index contributed by atoms with van der Waals surface area (Å²) in [6.45, 7) is 1.62. The number of rotatable bonds is 1. The van der Waals surface area contributed by atoms with E-state index in [1.54, 1.807) is 6.92 Å². The Kier molecular flexibility index (Phi) is 1.94. The van der Waals surface area contributed by atoms with E-state index in [2.05, 4.69) is 4.98 Å². The van der Waals surface area contributed by atoms with E-state index >= 15 is 0 Å². The van der Waals surface area contributed by atoms with Gasteiger partial charge in [-0.2, -0.15) is 4.39 Å². The van der Waals surface area contributed by atoms with Crippen LogP contribution in [0.15, 0.2) is 12.3 Å². The highest BCUT2D eigenvalue weighted by Gasteiger charge is 2.01. The van der Waals surface area contributed by atoms with Gasteiger partial charge in [0.2, 0.25) is 5.95 Å². The van der Waals surface area contributed by atoms with Gasteiger partial charge >= 0.3 is 0 Å². The maximum Gasteiger partial charge on any atom is 0.216 e. The Morgan fingerprint density at radius 2 is 2.20 bits per heavy atom. The molecule has 0 bridgehead atoms. The van der Waals surface area contributed by atoms with E-state index in [0.29, 0.717) is 0 Å². The first kappa shape index (κ1) is 7.12. The molecule has 0 unspecified atom stereocenters. The first-order valence-corrected chi connectivity index (χ1v) is 2.84. The van der Waals surface area contributed by atoms with Gasteiger partial charge in [0.1, 0.15) is 5.82 Å². The fourth-order valence-electron chi connectivity index (χ4n) is 0.641. The first-order chi connectivity index (χ1) is 4.74. The lowest BCUT2D eigenvalue weighted by molar-refractivity contribution is 0.553. The second-order valence-electron chi connectivity index (χ2n) is 1.82. The first-order valence-electron chi connectivity index (χ1n) is 2.84. The van der Waals surface area contributed by atoms with Crippen molar-refractivity contribution in [1.29, 1.82) is 0 Å². The average Bonchev–Trinajstić information content (AvgIpc) is 1.94. The van der Waals surface area contributed by atoms with E-state index in [1.807, 2.05) is 0 Å². The smallest absolute Gasteiger partial charge is 0.216 e. The Balaban J connectivity index is 3.09. The van der Waals surface area contributed by atoms with Crippen molar-refractivity contribution in [2.45, 2.75) is 6.92 Å². The van der Waals surface area contributed by atoms with Crippen LogP contribution in [0.25, 0.3) is 0 Å². The number of hydrogen-bond acceptors (Lipinski definition) is 1. The van der Waals surface area contributed by atoms with E-state index in [9.17, 15) is 8.78 Å². The molecular weight excluding hydrogens is 136 g/mol. The maximum absolute atomic E-state index is 12.5. The zero-order valence-corrected chi connectivity index (χ0v) is 5.44. The molecule has 0 saturated carbocycles. The molecule has 3 heteroatoms. The van der Waals surface area contributed by atoms with Crippen molar-refractivity contribution in [2.75, 3.05) is 0 Å². The number of halogens is 2. The maximum atomic E-state index is 12.5. The summed E-state index contributed by atoms with van der Waals surface area (Å²) in [5, 5.41) is 0. The lowest BCUT2D eigenvalue weighted by atomic mass is 10.2. The highest BCUT2D eigenvalue weighted by atomic mass is 19.1. The molecule has 53 valence electrons. The minimum Gasteiger partial charge on any atom is -0.225 e.